The Morgan fingerprint density at radius 2 is 1.79 bits per heavy atom. The Morgan fingerprint density at radius 1 is 1.07 bits per heavy atom. The zero-order chi connectivity index (χ0) is 20.2. The van der Waals surface area contributed by atoms with Gasteiger partial charge in [0.05, 0.1) is 17.6 Å². The molecule has 3 aromatic rings. The maximum atomic E-state index is 12.6. The minimum atomic E-state index is -0.212. The quantitative estimate of drug-likeness (QED) is 0.650. The minimum absolute atomic E-state index is 0.0228. The van der Waals surface area contributed by atoms with E-state index in [0.717, 1.165) is 23.9 Å². The van der Waals surface area contributed by atoms with E-state index in [-0.39, 0.29) is 30.9 Å². The van der Waals surface area contributed by atoms with E-state index in [9.17, 15) is 9.59 Å². The second-order valence-corrected chi connectivity index (χ2v) is 7.78. The monoisotopic (exact) mass is 410 g/mol. The SMILES string of the molecule is O=C(Cn1c(CNC(=O)c2ccc(Cl)cc2)nc2ccccc21)NC1CCCC1. The summed E-state index contributed by atoms with van der Waals surface area (Å²) < 4.78 is 1.88. The molecule has 1 fully saturated rings. The third-order valence-electron chi connectivity index (χ3n) is 5.27. The van der Waals surface area contributed by atoms with Gasteiger partial charge in [-0.25, -0.2) is 4.98 Å². The second-order valence-electron chi connectivity index (χ2n) is 7.34. The van der Waals surface area contributed by atoms with Crippen molar-refractivity contribution in [1.29, 1.82) is 0 Å². The largest absolute Gasteiger partial charge is 0.352 e. The van der Waals surface area contributed by atoms with Crippen molar-refractivity contribution in [2.45, 2.75) is 44.8 Å². The van der Waals surface area contributed by atoms with Gasteiger partial charge in [-0.1, -0.05) is 36.6 Å². The predicted octanol–water partition coefficient (Wildman–Crippen LogP) is 3.68. The molecule has 0 radical (unpaired) electrons. The van der Waals surface area contributed by atoms with Crippen molar-refractivity contribution in [3.05, 3.63) is 64.9 Å². The number of carbonyl (C=O) groups excluding carboxylic acids is 2. The van der Waals surface area contributed by atoms with E-state index in [1.807, 2.05) is 28.8 Å². The Labute approximate surface area is 174 Å². The normalized spacial score (nSPS) is 14.2. The molecule has 4 rings (SSSR count). The summed E-state index contributed by atoms with van der Waals surface area (Å²) in [7, 11) is 0. The van der Waals surface area contributed by atoms with Gasteiger partial charge < -0.3 is 15.2 Å². The molecule has 0 atom stereocenters. The molecule has 6 nitrogen and oxygen atoms in total. The molecule has 0 saturated heterocycles. The molecular formula is C22H23ClN4O2. The van der Waals surface area contributed by atoms with Crippen LogP contribution in [0, 0.1) is 0 Å². The van der Waals surface area contributed by atoms with E-state index in [4.69, 9.17) is 11.6 Å². The highest BCUT2D eigenvalue weighted by molar-refractivity contribution is 6.30. The van der Waals surface area contributed by atoms with Crippen LogP contribution in [-0.4, -0.2) is 27.4 Å². The van der Waals surface area contributed by atoms with Gasteiger partial charge in [0.1, 0.15) is 12.4 Å². The lowest BCUT2D eigenvalue weighted by Crippen LogP contribution is -2.35. The molecule has 1 saturated carbocycles. The molecule has 0 spiro atoms. The van der Waals surface area contributed by atoms with Crippen LogP contribution in [0.5, 0.6) is 0 Å². The molecule has 2 aromatic carbocycles. The summed E-state index contributed by atoms with van der Waals surface area (Å²) in [5, 5.41) is 6.58. The number of benzene rings is 2. The van der Waals surface area contributed by atoms with Gasteiger partial charge in [0.2, 0.25) is 5.91 Å². The third-order valence-corrected chi connectivity index (χ3v) is 5.52. The van der Waals surface area contributed by atoms with Gasteiger partial charge in [0, 0.05) is 16.6 Å². The molecule has 0 bridgehead atoms. The Bertz CT molecular complexity index is 1020. The highest BCUT2D eigenvalue weighted by Gasteiger charge is 2.19. The van der Waals surface area contributed by atoms with E-state index < -0.39 is 0 Å². The number of fused-ring (bicyclic) bond motifs is 1. The molecule has 2 N–H and O–H groups in total. The van der Waals surface area contributed by atoms with Gasteiger partial charge in [0.25, 0.3) is 5.91 Å². The molecule has 7 heteroatoms. The maximum Gasteiger partial charge on any atom is 0.251 e. The Hall–Kier alpha value is -2.86. The van der Waals surface area contributed by atoms with Crippen LogP contribution >= 0.6 is 11.6 Å². The molecule has 1 aliphatic carbocycles. The van der Waals surface area contributed by atoms with Crippen molar-refractivity contribution in [3.8, 4) is 0 Å². The van der Waals surface area contributed by atoms with Crippen molar-refractivity contribution in [1.82, 2.24) is 20.2 Å². The number of aromatic nitrogens is 2. The summed E-state index contributed by atoms with van der Waals surface area (Å²) in [6.07, 6.45) is 4.42. The lowest BCUT2D eigenvalue weighted by molar-refractivity contribution is -0.122. The number of rotatable bonds is 6. The highest BCUT2D eigenvalue weighted by Crippen LogP contribution is 2.19. The fraction of sp³-hybridized carbons (Fsp3) is 0.318. The van der Waals surface area contributed by atoms with Crippen LogP contribution in [0.3, 0.4) is 0 Å². The van der Waals surface area contributed by atoms with Crippen molar-refractivity contribution in [2.24, 2.45) is 0 Å². The first-order valence-corrected chi connectivity index (χ1v) is 10.3. The topological polar surface area (TPSA) is 76.0 Å². The van der Waals surface area contributed by atoms with Crippen LogP contribution in [0.25, 0.3) is 11.0 Å². The van der Waals surface area contributed by atoms with Crippen LogP contribution < -0.4 is 10.6 Å². The summed E-state index contributed by atoms with van der Waals surface area (Å²) in [4.78, 5) is 29.7. The van der Waals surface area contributed by atoms with Crippen molar-refractivity contribution in [2.75, 3.05) is 0 Å². The fourth-order valence-corrected chi connectivity index (χ4v) is 3.91. The van der Waals surface area contributed by atoms with Gasteiger partial charge in [0.15, 0.2) is 0 Å². The Balaban J connectivity index is 1.50. The Morgan fingerprint density at radius 3 is 2.55 bits per heavy atom. The molecule has 2 amide bonds. The van der Waals surface area contributed by atoms with E-state index >= 15 is 0 Å². The molecular weight excluding hydrogens is 388 g/mol. The van der Waals surface area contributed by atoms with Gasteiger partial charge >= 0.3 is 0 Å². The summed E-state index contributed by atoms with van der Waals surface area (Å²) in [5.74, 6) is 0.413. The maximum absolute atomic E-state index is 12.6. The number of nitrogens with one attached hydrogen (secondary N) is 2. The molecule has 1 aliphatic rings. The van der Waals surface area contributed by atoms with Gasteiger partial charge in [-0.3, -0.25) is 9.59 Å². The van der Waals surface area contributed by atoms with Crippen LogP contribution in [0.4, 0.5) is 0 Å². The molecule has 0 aliphatic heterocycles. The van der Waals surface area contributed by atoms with Crippen molar-refractivity contribution in [3.63, 3.8) is 0 Å². The molecule has 29 heavy (non-hydrogen) atoms. The van der Waals surface area contributed by atoms with Gasteiger partial charge in [-0.05, 0) is 49.2 Å². The molecule has 1 aromatic heterocycles. The van der Waals surface area contributed by atoms with E-state index in [1.54, 1.807) is 24.3 Å². The van der Waals surface area contributed by atoms with Crippen molar-refractivity contribution >= 4 is 34.4 Å². The van der Waals surface area contributed by atoms with Crippen molar-refractivity contribution < 1.29 is 9.59 Å². The molecule has 1 heterocycles. The number of hydrogen-bond donors (Lipinski definition) is 2. The van der Waals surface area contributed by atoms with Gasteiger partial charge in [-0.15, -0.1) is 0 Å². The summed E-state index contributed by atoms with van der Waals surface area (Å²) in [6, 6.07) is 14.7. The number of hydrogen-bond acceptors (Lipinski definition) is 3. The van der Waals surface area contributed by atoms with Crippen LogP contribution in [0.1, 0.15) is 41.9 Å². The van der Waals surface area contributed by atoms with Crippen LogP contribution in [0.2, 0.25) is 5.02 Å². The summed E-state index contributed by atoms with van der Waals surface area (Å²) in [6.45, 7) is 0.413. The average molecular weight is 411 g/mol. The molecule has 150 valence electrons. The average Bonchev–Trinajstić information content (AvgIpc) is 3.35. The number of para-hydroxylation sites is 2. The zero-order valence-electron chi connectivity index (χ0n) is 16.0. The predicted molar refractivity (Wildman–Crippen MR) is 113 cm³/mol. The number of halogens is 1. The zero-order valence-corrected chi connectivity index (χ0v) is 16.8. The van der Waals surface area contributed by atoms with Crippen LogP contribution in [0.15, 0.2) is 48.5 Å². The second kappa shape index (κ2) is 8.66. The lowest BCUT2D eigenvalue weighted by Gasteiger charge is -2.14. The lowest BCUT2D eigenvalue weighted by atomic mass is 10.2. The smallest absolute Gasteiger partial charge is 0.251 e. The first-order chi connectivity index (χ1) is 14.1. The standard InChI is InChI=1S/C22H23ClN4O2/c23-16-11-9-15(10-12-16)22(29)24-13-20-26-18-7-3-4-8-19(18)27(20)14-21(28)25-17-5-1-2-6-17/h3-4,7-12,17H,1-2,5-6,13-14H2,(H,24,29)(H,25,28). The number of imidazole rings is 1. The van der Waals surface area contributed by atoms with E-state index in [1.165, 1.54) is 12.8 Å². The number of nitrogens with zero attached hydrogens (tertiary/aromatic N) is 2. The number of amides is 2. The first-order valence-electron chi connectivity index (χ1n) is 9.87. The van der Waals surface area contributed by atoms with E-state index in [2.05, 4.69) is 15.6 Å². The summed E-state index contributed by atoms with van der Waals surface area (Å²) >= 11 is 5.88. The van der Waals surface area contributed by atoms with E-state index in [0.29, 0.717) is 16.4 Å². The summed E-state index contributed by atoms with van der Waals surface area (Å²) in [5.41, 5.74) is 2.21. The molecule has 0 unspecified atom stereocenters. The number of carbonyl (C=O) groups is 2. The first kappa shape index (κ1) is 19.5. The minimum Gasteiger partial charge on any atom is -0.352 e. The fourth-order valence-electron chi connectivity index (χ4n) is 3.79. The Kier molecular flexibility index (Phi) is 5.81. The van der Waals surface area contributed by atoms with Crippen LogP contribution in [-0.2, 0) is 17.9 Å². The van der Waals surface area contributed by atoms with Gasteiger partial charge in [-0.2, -0.15) is 0 Å². The third kappa shape index (κ3) is 4.59. The highest BCUT2D eigenvalue weighted by atomic mass is 35.5.